The van der Waals surface area contributed by atoms with Crippen LogP contribution in [-0.4, -0.2) is 44.2 Å². The zero-order valence-corrected chi connectivity index (χ0v) is 13.9. The first-order valence-electron chi connectivity index (χ1n) is 7.33. The Hall–Kier alpha value is -0.130. The van der Waals surface area contributed by atoms with Gasteiger partial charge >= 0.3 is 0 Å². The Morgan fingerprint density at radius 2 is 1.79 bits per heavy atom. The van der Waals surface area contributed by atoms with Gasteiger partial charge in [-0.1, -0.05) is 27.7 Å². The van der Waals surface area contributed by atoms with Gasteiger partial charge in [-0.15, -0.1) is 0 Å². The van der Waals surface area contributed by atoms with E-state index in [1.54, 1.807) is 11.4 Å². The molecule has 0 aromatic heterocycles. The largest absolute Gasteiger partial charge is 0.313 e. The summed E-state index contributed by atoms with van der Waals surface area (Å²) >= 11 is 0. The van der Waals surface area contributed by atoms with Crippen LogP contribution < -0.4 is 5.32 Å². The zero-order chi connectivity index (χ0) is 14.7. The fraction of sp³-hybridized carbons (Fsp3) is 1.00. The molecule has 0 aliphatic heterocycles. The summed E-state index contributed by atoms with van der Waals surface area (Å²) in [7, 11) is -1.38. The van der Waals surface area contributed by atoms with E-state index in [4.69, 9.17) is 0 Å². The Kier molecular flexibility index (Phi) is 5.83. The van der Waals surface area contributed by atoms with Crippen LogP contribution in [0.25, 0.3) is 0 Å². The third kappa shape index (κ3) is 5.40. The van der Waals surface area contributed by atoms with Gasteiger partial charge in [0.15, 0.2) is 0 Å². The molecular formula is C14H30N2O2S. The highest BCUT2D eigenvalue weighted by atomic mass is 32.2. The van der Waals surface area contributed by atoms with Crippen LogP contribution in [0.15, 0.2) is 0 Å². The summed E-state index contributed by atoms with van der Waals surface area (Å²) in [5.74, 6) is 0.196. The normalized spacial score (nSPS) is 21.2. The molecule has 1 saturated carbocycles. The molecule has 1 rings (SSSR count). The van der Waals surface area contributed by atoms with E-state index in [1.165, 1.54) is 0 Å². The van der Waals surface area contributed by atoms with Crippen molar-refractivity contribution in [2.24, 2.45) is 5.41 Å². The van der Waals surface area contributed by atoms with Gasteiger partial charge in [0.05, 0.1) is 5.75 Å². The monoisotopic (exact) mass is 290 g/mol. The molecule has 4 nitrogen and oxygen atoms in total. The minimum absolute atomic E-state index is 0.192. The number of sulfonamides is 1. The summed E-state index contributed by atoms with van der Waals surface area (Å²) in [6.45, 7) is 9.12. The van der Waals surface area contributed by atoms with Crippen LogP contribution >= 0.6 is 0 Å². The van der Waals surface area contributed by atoms with Gasteiger partial charge in [0, 0.05) is 25.7 Å². The van der Waals surface area contributed by atoms with Crippen molar-refractivity contribution >= 4 is 10.0 Å². The number of nitrogens with one attached hydrogen (secondary N) is 1. The Balaban J connectivity index is 2.49. The van der Waals surface area contributed by atoms with Crippen molar-refractivity contribution in [1.82, 2.24) is 9.62 Å². The summed E-state index contributed by atoms with van der Waals surface area (Å²) in [6, 6.07) is 0.521. The van der Waals surface area contributed by atoms with E-state index >= 15 is 0 Å². The van der Waals surface area contributed by atoms with Gasteiger partial charge in [0.25, 0.3) is 0 Å². The van der Waals surface area contributed by atoms with Crippen molar-refractivity contribution in [2.45, 2.75) is 65.5 Å². The lowest BCUT2D eigenvalue weighted by atomic mass is 9.76. The first-order valence-corrected chi connectivity index (χ1v) is 8.94. The summed E-state index contributed by atoms with van der Waals surface area (Å²) in [6.07, 6.45) is 4.20. The van der Waals surface area contributed by atoms with E-state index < -0.39 is 10.0 Å². The predicted molar refractivity (Wildman–Crippen MR) is 80.7 cm³/mol. The molecule has 1 N–H and O–H groups in total. The zero-order valence-electron chi connectivity index (χ0n) is 13.1. The molecule has 0 heterocycles. The highest BCUT2D eigenvalue weighted by Crippen LogP contribution is 2.37. The third-order valence-corrected chi connectivity index (χ3v) is 6.07. The SMILES string of the molecule is CC(C)NCCS(=O)(=O)N(C)C1CCC(C)(C)CC1. The van der Waals surface area contributed by atoms with E-state index in [0.29, 0.717) is 18.0 Å². The van der Waals surface area contributed by atoms with Crippen LogP contribution in [-0.2, 0) is 10.0 Å². The molecule has 0 atom stereocenters. The first-order chi connectivity index (χ1) is 8.64. The Morgan fingerprint density at radius 3 is 2.26 bits per heavy atom. The van der Waals surface area contributed by atoms with Gasteiger partial charge in [-0.3, -0.25) is 0 Å². The fourth-order valence-corrected chi connectivity index (χ4v) is 3.92. The van der Waals surface area contributed by atoms with Crippen LogP contribution in [0.2, 0.25) is 0 Å². The van der Waals surface area contributed by atoms with Crippen LogP contribution in [0, 0.1) is 5.41 Å². The molecule has 1 fully saturated rings. The molecule has 0 spiro atoms. The molecule has 114 valence electrons. The Bertz CT molecular complexity index is 367. The van der Waals surface area contributed by atoms with Gasteiger partial charge in [-0.05, 0) is 31.1 Å². The van der Waals surface area contributed by atoms with Crippen molar-refractivity contribution in [3.8, 4) is 0 Å². The molecule has 0 unspecified atom stereocenters. The average molecular weight is 290 g/mol. The summed E-state index contributed by atoms with van der Waals surface area (Å²) in [4.78, 5) is 0. The van der Waals surface area contributed by atoms with Gasteiger partial charge < -0.3 is 5.32 Å². The van der Waals surface area contributed by atoms with E-state index in [1.807, 2.05) is 13.8 Å². The molecular weight excluding hydrogens is 260 g/mol. The molecule has 0 aromatic carbocycles. The van der Waals surface area contributed by atoms with Crippen LogP contribution in [0.4, 0.5) is 0 Å². The lowest BCUT2D eigenvalue weighted by molar-refractivity contribution is 0.174. The first kappa shape index (κ1) is 16.9. The highest BCUT2D eigenvalue weighted by molar-refractivity contribution is 7.89. The summed E-state index contributed by atoms with van der Waals surface area (Å²) in [5.41, 5.74) is 0.375. The van der Waals surface area contributed by atoms with Gasteiger partial charge in [0.2, 0.25) is 10.0 Å². The van der Waals surface area contributed by atoms with Gasteiger partial charge in [-0.25, -0.2) is 12.7 Å². The van der Waals surface area contributed by atoms with Crippen molar-refractivity contribution in [3.05, 3.63) is 0 Å². The Morgan fingerprint density at radius 1 is 1.26 bits per heavy atom. The molecule has 0 amide bonds. The fourth-order valence-electron chi connectivity index (χ4n) is 2.60. The topological polar surface area (TPSA) is 49.4 Å². The molecule has 0 radical (unpaired) electrons. The Labute approximate surface area is 119 Å². The quantitative estimate of drug-likeness (QED) is 0.816. The van der Waals surface area contributed by atoms with Crippen LogP contribution in [0.1, 0.15) is 53.4 Å². The lowest BCUT2D eigenvalue weighted by Crippen LogP contribution is -2.43. The highest BCUT2D eigenvalue weighted by Gasteiger charge is 2.32. The summed E-state index contributed by atoms with van der Waals surface area (Å²) in [5, 5.41) is 3.17. The molecule has 19 heavy (non-hydrogen) atoms. The number of nitrogens with zero attached hydrogens (tertiary/aromatic N) is 1. The van der Waals surface area contributed by atoms with E-state index in [9.17, 15) is 8.42 Å². The third-order valence-electron chi connectivity index (χ3n) is 4.17. The maximum absolute atomic E-state index is 12.3. The van der Waals surface area contributed by atoms with Crippen molar-refractivity contribution < 1.29 is 8.42 Å². The number of rotatable bonds is 6. The van der Waals surface area contributed by atoms with E-state index in [-0.39, 0.29) is 11.8 Å². The number of hydrogen-bond acceptors (Lipinski definition) is 3. The van der Waals surface area contributed by atoms with Gasteiger partial charge in [0.1, 0.15) is 0 Å². The minimum Gasteiger partial charge on any atom is -0.313 e. The van der Waals surface area contributed by atoms with Crippen molar-refractivity contribution in [2.75, 3.05) is 19.3 Å². The molecule has 1 aliphatic carbocycles. The van der Waals surface area contributed by atoms with Crippen molar-refractivity contribution in [1.29, 1.82) is 0 Å². The van der Waals surface area contributed by atoms with Crippen LogP contribution in [0.5, 0.6) is 0 Å². The predicted octanol–water partition coefficient (Wildman–Crippen LogP) is 2.21. The molecule has 0 bridgehead atoms. The standard InChI is InChI=1S/C14H30N2O2S/c1-12(2)15-10-11-19(17,18)16(5)13-6-8-14(3,4)9-7-13/h12-13,15H,6-11H2,1-5H3. The smallest absolute Gasteiger partial charge is 0.215 e. The molecule has 5 heteroatoms. The van der Waals surface area contributed by atoms with Gasteiger partial charge in [-0.2, -0.15) is 0 Å². The molecule has 0 aromatic rings. The van der Waals surface area contributed by atoms with Crippen molar-refractivity contribution in [3.63, 3.8) is 0 Å². The lowest BCUT2D eigenvalue weighted by Gasteiger charge is -2.38. The summed E-state index contributed by atoms with van der Waals surface area (Å²) < 4.78 is 26.1. The second-order valence-electron chi connectivity index (χ2n) is 6.84. The number of hydrogen-bond donors (Lipinski definition) is 1. The maximum Gasteiger partial charge on any atom is 0.215 e. The maximum atomic E-state index is 12.3. The average Bonchev–Trinajstić information content (AvgIpc) is 2.27. The van der Waals surface area contributed by atoms with E-state index in [2.05, 4.69) is 19.2 Å². The second-order valence-corrected chi connectivity index (χ2v) is 8.98. The second kappa shape index (κ2) is 6.55. The minimum atomic E-state index is -3.12. The van der Waals surface area contributed by atoms with E-state index in [0.717, 1.165) is 25.7 Å². The van der Waals surface area contributed by atoms with Crippen LogP contribution in [0.3, 0.4) is 0 Å². The molecule has 1 aliphatic rings. The molecule has 0 saturated heterocycles.